The first-order valence-corrected chi connectivity index (χ1v) is 8.78. The number of nitrogens with zero attached hydrogens (tertiary/aromatic N) is 1. The van der Waals surface area contributed by atoms with Gasteiger partial charge in [0, 0.05) is 31.6 Å². The predicted molar refractivity (Wildman–Crippen MR) is 99.1 cm³/mol. The second-order valence-corrected chi connectivity index (χ2v) is 6.62. The lowest BCUT2D eigenvalue weighted by molar-refractivity contribution is 0.0593. The highest BCUT2D eigenvalue weighted by atomic mass is 16.5. The van der Waals surface area contributed by atoms with E-state index in [0.29, 0.717) is 18.7 Å². The van der Waals surface area contributed by atoms with Crippen LogP contribution in [0.1, 0.15) is 34.5 Å². The summed E-state index contributed by atoms with van der Waals surface area (Å²) in [6.45, 7) is 4.76. The largest absolute Gasteiger partial charge is 0.497 e. The number of carbonyl (C=O) groups is 1. The molecule has 0 aliphatic carbocycles. The number of piperidine rings is 1. The van der Waals surface area contributed by atoms with E-state index in [0.717, 1.165) is 30.0 Å². The van der Waals surface area contributed by atoms with Crippen LogP contribution in [0, 0.1) is 13.8 Å². The van der Waals surface area contributed by atoms with E-state index in [1.807, 2.05) is 37.3 Å². The zero-order valence-electron chi connectivity index (χ0n) is 15.4. The van der Waals surface area contributed by atoms with Crippen LogP contribution in [0.15, 0.2) is 35.1 Å². The van der Waals surface area contributed by atoms with Gasteiger partial charge in [0.15, 0.2) is 0 Å². The first-order valence-electron chi connectivity index (χ1n) is 8.78. The topological polar surface area (TPSA) is 71.6 Å². The molecule has 138 valence electrons. The van der Waals surface area contributed by atoms with Gasteiger partial charge in [-0.25, -0.2) is 0 Å². The van der Waals surface area contributed by atoms with Crippen LogP contribution in [0.2, 0.25) is 0 Å². The average Bonchev–Trinajstić information content (AvgIpc) is 2.62. The Bertz CT molecular complexity index is 834. The van der Waals surface area contributed by atoms with Gasteiger partial charge in [-0.15, -0.1) is 0 Å². The summed E-state index contributed by atoms with van der Waals surface area (Å²) in [5.74, 6) is 1.38. The molecule has 1 aliphatic heterocycles. The number of ether oxygens (including phenoxy) is 2. The fourth-order valence-electron chi connectivity index (χ4n) is 3.30. The molecule has 2 heterocycles. The number of hydrogen-bond donors (Lipinski definition) is 1. The molecule has 0 saturated carbocycles. The summed E-state index contributed by atoms with van der Waals surface area (Å²) < 4.78 is 11.1. The smallest absolute Gasteiger partial charge is 0.261 e. The maximum atomic E-state index is 12.7. The molecule has 1 aromatic heterocycles. The van der Waals surface area contributed by atoms with Gasteiger partial charge in [-0.1, -0.05) is 0 Å². The highest BCUT2D eigenvalue weighted by Crippen LogP contribution is 2.22. The fraction of sp³-hybridized carbons (Fsp3) is 0.400. The summed E-state index contributed by atoms with van der Waals surface area (Å²) in [6.07, 6.45) is 1.53. The molecule has 0 radical (unpaired) electrons. The van der Waals surface area contributed by atoms with E-state index in [9.17, 15) is 9.59 Å². The lowest BCUT2D eigenvalue weighted by atomic mass is 10.0. The SMILES string of the molecule is COc1ccc(OC2CCN(C(=O)c3c(C)cc(C)[nH]c3=O)CC2)cc1. The first kappa shape index (κ1) is 18.0. The number of nitrogens with one attached hydrogen (secondary N) is 1. The van der Waals surface area contributed by atoms with Crippen LogP contribution in [0.3, 0.4) is 0 Å². The van der Waals surface area contributed by atoms with Gasteiger partial charge < -0.3 is 19.4 Å². The quantitative estimate of drug-likeness (QED) is 0.914. The highest BCUT2D eigenvalue weighted by Gasteiger charge is 2.27. The molecule has 0 bridgehead atoms. The Morgan fingerprint density at radius 1 is 1.12 bits per heavy atom. The number of methoxy groups -OCH3 is 1. The molecule has 0 atom stereocenters. The number of benzene rings is 1. The van der Waals surface area contributed by atoms with Crippen molar-refractivity contribution >= 4 is 5.91 Å². The van der Waals surface area contributed by atoms with Crippen molar-refractivity contribution in [1.82, 2.24) is 9.88 Å². The molecule has 1 fully saturated rings. The Morgan fingerprint density at radius 3 is 2.31 bits per heavy atom. The Balaban J connectivity index is 1.61. The van der Waals surface area contributed by atoms with Crippen molar-refractivity contribution in [3.63, 3.8) is 0 Å². The molecule has 1 aromatic carbocycles. The molecule has 2 aromatic rings. The minimum Gasteiger partial charge on any atom is -0.497 e. The van der Waals surface area contributed by atoms with E-state index in [-0.39, 0.29) is 23.1 Å². The van der Waals surface area contributed by atoms with Crippen molar-refractivity contribution in [3.05, 3.63) is 57.5 Å². The van der Waals surface area contributed by atoms with Crippen LogP contribution in [0.5, 0.6) is 11.5 Å². The van der Waals surface area contributed by atoms with Crippen LogP contribution in [-0.4, -0.2) is 42.1 Å². The zero-order chi connectivity index (χ0) is 18.7. The second-order valence-electron chi connectivity index (χ2n) is 6.62. The van der Waals surface area contributed by atoms with E-state index in [1.54, 1.807) is 18.9 Å². The van der Waals surface area contributed by atoms with E-state index in [2.05, 4.69) is 4.98 Å². The van der Waals surface area contributed by atoms with Crippen molar-refractivity contribution in [2.75, 3.05) is 20.2 Å². The minimum absolute atomic E-state index is 0.0600. The molecular weight excluding hydrogens is 332 g/mol. The van der Waals surface area contributed by atoms with Crippen molar-refractivity contribution in [2.24, 2.45) is 0 Å². The second kappa shape index (κ2) is 7.64. The van der Waals surface area contributed by atoms with Gasteiger partial charge in [-0.3, -0.25) is 9.59 Å². The van der Waals surface area contributed by atoms with Crippen molar-refractivity contribution in [2.45, 2.75) is 32.8 Å². The van der Waals surface area contributed by atoms with Gasteiger partial charge in [-0.05, 0) is 49.7 Å². The third-order valence-electron chi connectivity index (χ3n) is 4.67. The van der Waals surface area contributed by atoms with Crippen LogP contribution >= 0.6 is 0 Å². The Labute approximate surface area is 152 Å². The molecule has 1 N–H and O–H groups in total. The monoisotopic (exact) mass is 356 g/mol. The number of hydrogen-bond acceptors (Lipinski definition) is 4. The summed E-state index contributed by atoms with van der Waals surface area (Å²) in [5.41, 5.74) is 1.40. The Morgan fingerprint density at radius 2 is 1.73 bits per heavy atom. The number of pyridine rings is 1. The molecule has 0 unspecified atom stereocenters. The summed E-state index contributed by atoms with van der Waals surface area (Å²) >= 11 is 0. The number of amides is 1. The third kappa shape index (κ3) is 3.90. The number of aryl methyl sites for hydroxylation is 2. The minimum atomic E-state index is -0.316. The number of likely N-dealkylation sites (tertiary alicyclic amines) is 1. The van der Waals surface area contributed by atoms with Gasteiger partial charge >= 0.3 is 0 Å². The molecule has 26 heavy (non-hydrogen) atoms. The zero-order valence-corrected chi connectivity index (χ0v) is 15.4. The summed E-state index contributed by atoms with van der Waals surface area (Å²) in [7, 11) is 1.63. The number of carbonyl (C=O) groups excluding carboxylic acids is 1. The van der Waals surface area contributed by atoms with Gasteiger partial charge in [0.2, 0.25) is 0 Å². The van der Waals surface area contributed by atoms with Crippen LogP contribution in [0.25, 0.3) is 0 Å². The number of aromatic nitrogens is 1. The third-order valence-corrected chi connectivity index (χ3v) is 4.67. The number of aromatic amines is 1. The molecule has 1 amide bonds. The maximum Gasteiger partial charge on any atom is 0.261 e. The standard InChI is InChI=1S/C20H24N2O4/c1-13-12-14(2)21-19(23)18(13)20(24)22-10-8-17(9-11-22)26-16-6-4-15(25-3)5-7-16/h4-7,12,17H,8-11H2,1-3H3,(H,21,23). The fourth-order valence-corrected chi connectivity index (χ4v) is 3.30. The molecule has 1 saturated heterocycles. The van der Waals surface area contributed by atoms with Gasteiger partial charge in [0.1, 0.15) is 23.2 Å². The summed E-state index contributed by atoms with van der Waals surface area (Å²) in [6, 6.07) is 9.31. The van der Waals surface area contributed by atoms with E-state index in [1.165, 1.54) is 0 Å². The Kier molecular flexibility index (Phi) is 5.30. The number of H-pyrrole nitrogens is 1. The lowest BCUT2D eigenvalue weighted by Crippen LogP contribution is -2.43. The van der Waals surface area contributed by atoms with Gasteiger partial charge in [0.25, 0.3) is 11.5 Å². The predicted octanol–water partition coefficient (Wildman–Crippen LogP) is 2.68. The van der Waals surface area contributed by atoms with Crippen LogP contribution in [0.4, 0.5) is 0 Å². The van der Waals surface area contributed by atoms with Crippen molar-refractivity contribution in [3.8, 4) is 11.5 Å². The van der Waals surface area contributed by atoms with Crippen molar-refractivity contribution < 1.29 is 14.3 Å². The van der Waals surface area contributed by atoms with Gasteiger partial charge in [-0.2, -0.15) is 0 Å². The molecule has 1 aliphatic rings. The summed E-state index contributed by atoms with van der Waals surface area (Å²) in [4.78, 5) is 29.4. The van der Waals surface area contributed by atoms with E-state index in [4.69, 9.17) is 9.47 Å². The van der Waals surface area contributed by atoms with Crippen molar-refractivity contribution in [1.29, 1.82) is 0 Å². The van der Waals surface area contributed by atoms with Gasteiger partial charge in [0.05, 0.1) is 7.11 Å². The molecular formula is C20H24N2O4. The summed E-state index contributed by atoms with van der Waals surface area (Å²) in [5, 5.41) is 0. The Hall–Kier alpha value is -2.76. The van der Waals surface area contributed by atoms with Crippen LogP contribution < -0.4 is 15.0 Å². The van der Waals surface area contributed by atoms with Crippen LogP contribution in [-0.2, 0) is 0 Å². The molecule has 0 spiro atoms. The number of rotatable bonds is 4. The highest BCUT2D eigenvalue weighted by molar-refractivity contribution is 5.95. The van der Waals surface area contributed by atoms with E-state index >= 15 is 0 Å². The lowest BCUT2D eigenvalue weighted by Gasteiger charge is -2.32. The maximum absolute atomic E-state index is 12.7. The molecule has 3 rings (SSSR count). The average molecular weight is 356 g/mol. The first-order chi connectivity index (χ1) is 12.5. The molecule has 6 nitrogen and oxygen atoms in total. The molecule has 6 heteroatoms. The van der Waals surface area contributed by atoms with E-state index < -0.39 is 0 Å². The normalized spacial score (nSPS) is 15.0.